The van der Waals surface area contributed by atoms with Gasteiger partial charge in [-0.3, -0.25) is 0 Å². The fourth-order valence-corrected chi connectivity index (χ4v) is 3.65. The van der Waals surface area contributed by atoms with Gasteiger partial charge in [-0.2, -0.15) is 12.6 Å². The maximum absolute atomic E-state index is 11.3. The van der Waals surface area contributed by atoms with Crippen molar-refractivity contribution >= 4 is 51.6 Å². The molecule has 0 aromatic carbocycles. The molecule has 0 saturated carbocycles. The molecule has 1 atom stereocenters. The van der Waals surface area contributed by atoms with Gasteiger partial charge in [-0.05, 0) is 24.8 Å². The van der Waals surface area contributed by atoms with Gasteiger partial charge in [0.2, 0.25) is 0 Å². The van der Waals surface area contributed by atoms with Crippen LogP contribution in [0.2, 0.25) is 0 Å². The first kappa shape index (κ1) is 14.7. The molecule has 1 aliphatic rings. The van der Waals surface area contributed by atoms with Crippen molar-refractivity contribution in [2.75, 3.05) is 6.61 Å². The Kier molecular flexibility index (Phi) is 5.15. The Morgan fingerprint density at radius 2 is 2.35 bits per heavy atom. The minimum Gasteiger partial charge on any atom is -0.478 e. The molecule has 0 saturated heterocycles. The maximum Gasteiger partial charge on any atom is 0.368 e. The number of carboxylic acids is 1. The lowest BCUT2D eigenvalue weighted by Gasteiger charge is -2.26. The van der Waals surface area contributed by atoms with Crippen molar-refractivity contribution in [2.24, 2.45) is 0 Å². The zero-order chi connectivity index (χ0) is 13.1. The van der Waals surface area contributed by atoms with Crippen LogP contribution in [-0.2, 0) is 9.53 Å². The van der Waals surface area contributed by atoms with Gasteiger partial charge in [-0.25, -0.2) is 9.59 Å². The van der Waals surface area contributed by atoms with Gasteiger partial charge in [0.15, 0.2) is 0 Å². The van der Waals surface area contributed by atoms with E-state index in [0.29, 0.717) is 17.5 Å². The molecule has 0 aromatic heterocycles. The molecule has 1 aliphatic carbocycles. The van der Waals surface area contributed by atoms with Crippen LogP contribution >= 0.6 is 40.3 Å². The molecule has 94 valence electrons. The molecular weight excluding hydrogens is 328 g/mol. The monoisotopic (exact) mass is 338 g/mol. The topological polar surface area (TPSA) is 63.6 Å². The molecule has 0 bridgehead atoms. The third kappa shape index (κ3) is 4.08. The average molecular weight is 339 g/mol. The molecule has 0 aliphatic heterocycles. The largest absolute Gasteiger partial charge is 0.478 e. The first-order valence-electron chi connectivity index (χ1n) is 4.77. The van der Waals surface area contributed by atoms with E-state index in [4.69, 9.17) is 9.84 Å². The van der Waals surface area contributed by atoms with Crippen LogP contribution in [-0.4, -0.2) is 27.1 Å². The van der Waals surface area contributed by atoms with E-state index in [-0.39, 0.29) is 5.57 Å². The van der Waals surface area contributed by atoms with E-state index in [1.807, 2.05) is 0 Å². The van der Waals surface area contributed by atoms with E-state index < -0.39 is 15.3 Å². The van der Waals surface area contributed by atoms with Crippen LogP contribution in [0.1, 0.15) is 13.3 Å². The number of allylic oxidation sites excluding steroid dienone is 1. The summed E-state index contributed by atoms with van der Waals surface area (Å²) in [6.45, 7) is 2.02. The number of aliphatic carboxylic acids is 1. The average Bonchev–Trinajstić information content (AvgIpc) is 2.15. The molecule has 1 rings (SSSR count). The number of carbonyl (C=O) groups excluding carboxylic acids is 1. The Balaban J connectivity index is 2.76. The Morgan fingerprint density at radius 1 is 1.71 bits per heavy atom. The van der Waals surface area contributed by atoms with E-state index in [1.165, 1.54) is 6.08 Å². The zero-order valence-electron chi connectivity index (χ0n) is 8.97. The van der Waals surface area contributed by atoms with Crippen LogP contribution in [0.25, 0.3) is 0 Å². The summed E-state index contributed by atoms with van der Waals surface area (Å²) < 4.78 is 4.55. The van der Waals surface area contributed by atoms with Crippen LogP contribution in [0.15, 0.2) is 22.2 Å². The van der Waals surface area contributed by atoms with Crippen LogP contribution in [0.5, 0.6) is 0 Å². The molecule has 0 fully saturated rings. The van der Waals surface area contributed by atoms with Crippen molar-refractivity contribution in [3.63, 3.8) is 0 Å². The third-order valence-corrected chi connectivity index (χ3v) is 4.17. The van der Waals surface area contributed by atoms with Crippen LogP contribution in [0.3, 0.4) is 0 Å². The SMILES string of the molecule is CCOC(=O)S[C@@]1(S)C=CC(C(=O)O)=C(Br)C1. The summed E-state index contributed by atoms with van der Waals surface area (Å²) in [6, 6.07) is 0. The summed E-state index contributed by atoms with van der Waals surface area (Å²) in [7, 11) is 0. The number of carboxylic acid groups (broad SMARTS) is 1. The predicted octanol–water partition coefficient (Wildman–Crippen LogP) is 3.20. The molecule has 4 nitrogen and oxygen atoms in total. The molecule has 0 spiro atoms. The summed E-state index contributed by atoms with van der Waals surface area (Å²) in [5.74, 6) is -1.01. The summed E-state index contributed by atoms with van der Waals surface area (Å²) in [5.41, 5.74) is 0.180. The van der Waals surface area contributed by atoms with Gasteiger partial charge < -0.3 is 9.84 Å². The molecular formula is C10H11BrO4S2. The number of ether oxygens (including phenoxy) is 1. The highest BCUT2D eigenvalue weighted by atomic mass is 79.9. The molecule has 0 aromatic rings. The van der Waals surface area contributed by atoms with Gasteiger partial charge in [-0.15, -0.1) is 0 Å². The second-order valence-electron chi connectivity index (χ2n) is 3.26. The Morgan fingerprint density at radius 3 is 2.82 bits per heavy atom. The highest BCUT2D eigenvalue weighted by Crippen LogP contribution is 2.43. The van der Waals surface area contributed by atoms with Crippen molar-refractivity contribution in [1.82, 2.24) is 0 Å². The molecule has 1 N–H and O–H groups in total. The normalized spacial score (nSPS) is 23.7. The number of carbonyl (C=O) groups is 2. The van der Waals surface area contributed by atoms with Gasteiger partial charge in [0.05, 0.1) is 16.3 Å². The number of thioether (sulfide) groups is 1. The van der Waals surface area contributed by atoms with Crippen LogP contribution in [0.4, 0.5) is 4.79 Å². The van der Waals surface area contributed by atoms with Crippen molar-refractivity contribution in [1.29, 1.82) is 0 Å². The summed E-state index contributed by atoms with van der Waals surface area (Å²) in [6.07, 6.45) is 3.35. The predicted molar refractivity (Wildman–Crippen MR) is 73.7 cm³/mol. The van der Waals surface area contributed by atoms with Crippen molar-refractivity contribution in [3.05, 3.63) is 22.2 Å². The number of rotatable bonds is 3. The van der Waals surface area contributed by atoms with Gasteiger partial charge in [0.1, 0.15) is 0 Å². The summed E-state index contributed by atoms with van der Waals surface area (Å²) >= 11 is 8.49. The third-order valence-electron chi connectivity index (χ3n) is 1.96. The quantitative estimate of drug-likeness (QED) is 0.470. The number of thiol groups is 1. The fraction of sp³-hybridized carbons (Fsp3) is 0.400. The Labute approximate surface area is 117 Å². The lowest BCUT2D eigenvalue weighted by Crippen LogP contribution is -2.21. The molecule has 0 heterocycles. The summed E-state index contributed by atoms with van der Waals surface area (Å²) in [5, 5.41) is 8.46. The molecule has 0 amide bonds. The first-order chi connectivity index (χ1) is 7.88. The zero-order valence-corrected chi connectivity index (χ0v) is 12.3. The summed E-state index contributed by atoms with van der Waals surface area (Å²) in [4.78, 5) is 22.2. The Hall–Kier alpha value is -0.400. The van der Waals surface area contributed by atoms with Gasteiger partial charge >= 0.3 is 11.3 Å². The number of hydrogen-bond donors (Lipinski definition) is 2. The minimum atomic E-state index is -1.01. The van der Waals surface area contributed by atoms with E-state index >= 15 is 0 Å². The first-order valence-corrected chi connectivity index (χ1v) is 6.83. The van der Waals surface area contributed by atoms with E-state index in [0.717, 1.165) is 11.8 Å². The fourth-order valence-electron chi connectivity index (χ4n) is 1.23. The Bertz CT molecular complexity index is 405. The standard InChI is InChI=1S/C10H11BrO4S2/c1-2-15-9(14)17-10(16)4-3-6(8(12)13)7(11)5-10/h3-4,16H,2,5H2,1H3,(H,12,13)/t10-/m0/s1. The maximum atomic E-state index is 11.3. The van der Waals surface area contributed by atoms with Crippen LogP contribution < -0.4 is 0 Å². The lowest BCUT2D eigenvalue weighted by atomic mass is 10.1. The van der Waals surface area contributed by atoms with Gasteiger partial charge in [-0.1, -0.05) is 22.0 Å². The van der Waals surface area contributed by atoms with E-state index in [9.17, 15) is 9.59 Å². The molecule has 17 heavy (non-hydrogen) atoms. The number of hydrogen-bond acceptors (Lipinski definition) is 5. The highest BCUT2D eigenvalue weighted by molar-refractivity contribution is 9.11. The van der Waals surface area contributed by atoms with E-state index in [1.54, 1.807) is 13.0 Å². The molecule has 0 unspecified atom stereocenters. The minimum absolute atomic E-state index is 0.180. The van der Waals surface area contributed by atoms with Gasteiger partial charge in [0.25, 0.3) is 0 Å². The number of halogens is 1. The second kappa shape index (κ2) is 5.97. The molecule has 0 radical (unpaired) electrons. The lowest BCUT2D eigenvalue weighted by molar-refractivity contribution is -0.132. The van der Waals surface area contributed by atoms with Crippen LogP contribution in [0, 0.1) is 0 Å². The van der Waals surface area contributed by atoms with E-state index in [2.05, 4.69) is 28.6 Å². The highest BCUT2D eigenvalue weighted by Gasteiger charge is 2.33. The second-order valence-corrected chi connectivity index (χ2v) is 6.59. The van der Waals surface area contributed by atoms with Crippen molar-refractivity contribution < 1.29 is 19.4 Å². The van der Waals surface area contributed by atoms with Crippen molar-refractivity contribution in [2.45, 2.75) is 17.4 Å². The van der Waals surface area contributed by atoms with Crippen molar-refractivity contribution in [3.8, 4) is 0 Å². The molecule has 7 heteroatoms. The smallest absolute Gasteiger partial charge is 0.368 e. The van der Waals surface area contributed by atoms with Gasteiger partial charge in [0, 0.05) is 10.9 Å².